The van der Waals surface area contributed by atoms with Gasteiger partial charge in [0.2, 0.25) is 0 Å². The number of halogens is 1. The van der Waals surface area contributed by atoms with E-state index in [9.17, 15) is 0 Å². The highest BCUT2D eigenvalue weighted by Gasteiger charge is 2.05. The second-order valence-electron chi connectivity index (χ2n) is 5.14. The van der Waals surface area contributed by atoms with Crippen molar-refractivity contribution in [2.75, 3.05) is 5.73 Å². The number of aromatic nitrogens is 2. The lowest BCUT2D eigenvalue weighted by molar-refractivity contribution is 0.955. The van der Waals surface area contributed by atoms with Crippen molar-refractivity contribution in [1.29, 1.82) is 0 Å². The molecule has 0 saturated heterocycles. The molecule has 0 atom stereocenters. The molecule has 0 aliphatic rings. The Morgan fingerprint density at radius 1 is 0.955 bits per heavy atom. The minimum Gasteiger partial charge on any atom is -0.383 e. The molecule has 2 heterocycles. The zero-order chi connectivity index (χ0) is 15.4. The van der Waals surface area contributed by atoms with Gasteiger partial charge in [-0.3, -0.25) is 4.98 Å². The fraction of sp³-hybridized carbons (Fsp3) is 0.111. The number of hydrogen-bond acceptors (Lipinski definition) is 3. The standard InChI is InChI=1S/C18H16ClN3/c19-17-7-4-13(5-8-17)3-6-14-10-16(12-22-18(14)20)15-2-1-9-21-11-15/h1-2,4-5,7-12H,3,6H2,(H2,20,22). The molecule has 2 aromatic heterocycles. The summed E-state index contributed by atoms with van der Waals surface area (Å²) in [5.41, 5.74) is 10.4. The Morgan fingerprint density at radius 3 is 2.50 bits per heavy atom. The molecule has 110 valence electrons. The Kier molecular flexibility index (Phi) is 4.35. The highest BCUT2D eigenvalue weighted by atomic mass is 35.5. The van der Waals surface area contributed by atoms with Gasteiger partial charge in [0.1, 0.15) is 5.82 Å². The number of rotatable bonds is 4. The number of nitrogens with zero attached hydrogens (tertiary/aromatic N) is 2. The van der Waals surface area contributed by atoms with E-state index in [0.29, 0.717) is 5.82 Å². The van der Waals surface area contributed by atoms with Crippen LogP contribution in [-0.2, 0) is 12.8 Å². The third-order valence-corrected chi connectivity index (χ3v) is 3.84. The highest BCUT2D eigenvalue weighted by molar-refractivity contribution is 6.30. The Bertz CT molecular complexity index is 755. The summed E-state index contributed by atoms with van der Waals surface area (Å²) in [6, 6.07) is 13.9. The van der Waals surface area contributed by atoms with Crippen molar-refractivity contribution in [2.45, 2.75) is 12.8 Å². The van der Waals surface area contributed by atoms with E-state index >= 15 is 0 Å². The molecule has 3 rings (SSSR count). The van der Waals surface area contributed by atoms with Gasteiger partial charge in [0, 0.05) is 34.7 Å². The van der Waals surface area contributed by atoms with Crippen molar-refractivity contribution < 1.29 is 0 Å². The molecule has 3 aromatic rings. The first-order valence-electron chi connectivity index (χ1n) is 7.11. The van der Waals surface area contributed by atoms with Gasteiger partial charge in [0.05, 0.1) is 0 Å². The van der Waals surface area contributed by atoms with Gasteiger partial charge in [0.15, 0.2) is 0 Å². The number of anilines is 1. The van der Waals surface area contributed by atoms with Gasteiger partial charge in [-0.1, -0.05) is 29.8 Å². The van der Waals surface area contributed by atoms with Crippen LogP contribution in [0.25, 0.3) is 11.1 Å². The van der Waals surface area contributed by atoms with E-state index < -0.39 is 0 Å². The number of nitrogens with two attached hydrogens (primary N) is 1. The van der Waals surface area contributed by atoms with Crippen LogP contribution in [0.5, 0.6) is 0 Å². The van der Waals surface area contributed by atoms with Gasteiger partial charge in [-0.05, 0) is 48.2 Å². The molecule has 0 amide bonds. The number of nitrogen functional groups attached to an aromatic ring is 1. The molecule has 4 heteroatoms. The number of aryl methyl sites for hydroxylation is 2. The van der Waals surface area contributed by atoms with Gasteiger partial charge in [-0.15, -0.1) is 0 Å². The van der Waals surface area contributed by atoms with E-state index in [1.807, 2.05) is 42.6 Å². The first-order valence-corrected chi connectivity index (χ1v) is 7.49. The van der Waals surface area contributed by atoms with Crippen LogP contribution in [0.2, 0.25) is 5.02 Å². The third kappa shape index (κ3) is 3.43. The van der Waals surface area contributed by atoms with Crippen LogP contribution in [0.4, 0.5) is 5.82 Å². The van der Waals surface area contributed by atoms with Gasteiger partial charge in [-0.2, -0.15) is 0 Å². The van der Waals surface area contributed by atoms with Crippen molar-refractivity contribution >= 4 is 17.4 Å². The molecule has 0 aliphatic carbocycles. The van der Waals surface area contributed by atoms with Crippen LogP contribution < -0.4 is 5.73 Å². The monoisotopic (exact) mass is 309 g/mol. The van der Waals surface area contributed by atoms with Crippen LogP contribution in [0, 0.1) is 0 Å². The van der Waals surface area contributed by atoms with Crippen LogP contribution in [0.3, 0.4) is 0 Å². The van der Waals surface area contributed by atoms with E-state index in [1.165, 1.54) is 5.56 Å². The molecule has 0 unspecified atom stereocenters. The Hall–Kier alpha value is -2.39. The lowest BCUT2D eigenvalue weighted by atomic mass is 10.0. The highest BCUT2D eigenvalue weighted by Crippen LogP contribution is 2.22. The van der Waals surface area contributed by atoms with Crippen LogP contribution in [0.15, 0.2) is 61.1 Å². The Balaban J connectivity index is 1.80. The van der Waals surface area contributed by atoms with Gasteiger partial charge >= 0.3 is 0 Å². The van der Waals surface area contributed by atoms with Crippen molar-refractivity contribution in [3.63, 3.8) is 0 Å². The molecule has 1 aromatic carbocycles. The molecular formula is C18H16ClN3. The summed E-state index contributed by atoms with van der Waals surface area (Å²) in [7, 11) is 0. The fourth-order valence-electron chi connectivity index (χ4n) is 2.34. The van der Waals surface area contributed by atoms with E-state index in [-0.39, 0.29) is 0 Å². The predicted molar refractivity (Wildman–Crippen MR) is 90.7 cm³/mol. The van der Waals surface area contributed by atoms with Crippen molar-refractivity contribution in [3.05, 3.63) is 77.2 Å². The summed E-state index contributed by atoms with van der Waals surface area (Å²) in [6.45, 7) is 0. The maximum atomic E-state index is 6.01. The maximum Gasteiger partial charge on any atom is 0.126 e. The zero-order valence-corrected chi connectivity index (χ0v) is 12.8. The summed E-state index contributed by atoms with van der Waals surface area (Å²) < 4.78 is 0. The molecular weight excluding hydrogens is 294 g/mol. The second kappa shape index (κ2) is 6.58. The SMILES string of the molecule is Nc1ncc(-c2cccnc2)cc1CCc1ccc(Cl)cc1. The fourth-order valence-corrected chi connectivity index (χ4v) is 2.47. The summed E-state index contributed by atoms with van der Waals surface area (Å²) in [5.74, 6) is 0.585. The van der Waals surface area contributed by atoms with E-state index in [2.05, 4.69) is 16.0 Å². The summed E-state index contributed by atoms with van der Waals surface area (Å²) in [5, 5.41) is 0.753. The van der Waals surface area contributed by atoms with Gasteiger partial charge in [0.25, 0.3) is 0 Å². The Labute approximate surface area is 134 Å². The summed E-state index contributed by atoms with van der Waals surface area (Å²) in [4.78, 5) is 8.45. The molecule has 3 nitrogen and oxygen atoms in total. The molecule has 0 aliphatic heterocycles. The topological polar surface area (TPSA) is 51.8 Å². The van der Waals surface area contributed by atoms with Crippen molar-refractivity contribution in [2.24, 2.45) is 0 Å². The largest absolute Gasteiger partial charge is 0.383 e. The van der Waals surface area contributed by atoms with Gasteiger partial charge < -0.3 is 5.73 Å². The summed E-state index contributed by atoms with van der Waals surface area (Å²) in [6.07, 6.45) is 7.12. The number of benzene rings is 1. The minimum absolute atomic E-state index is 0.585. The summed E-state index contributed by atoms with van der Waals surface area (Å²) >= 11 is 5.91. The minimum atomic E-state index is 0.585. The molecule has 0 bridgehead atoms. The molecule has 0 spiro atoms. The van der Waals surface area contributed by atoms with Gasteiger partial charge in [-0.25, -0.2) is 4.98 Å². The molecule has 0 radical (unpaired) electrons. The lowest BCUT2D eigenvalue weighted by Crippen LogP contribution is -2.00. The quantitative estimate of drug-likeness (QED) is 0.787. The van der Waals surface area contributed by atoms with Crippen LogP contribution >= 0.6 is 11.6 Å². The van der Waals surface area contributed by atoms with Crippen LogP contribution in [-0.4, -0.2) is 9.97 Å². The molecule has 2 N–H and O–H groups in total. The first-order chi connectivity index (χ1) is 10.7. The molecule has 0 fully saturated rings. The van der Waals surface area contributed by atoms with E-state index in [4.69, 9.17) is 17.3 Å². The average molecular weight is 310 g/mol. The number of pyridine rings is 2. The second-order valence-corrected chi connectivity index (χ2v) is 5.57. The van der Waals surface area contributed by atoms with Crippen molar-refractivity contribution in [3.8, 4) is 11.1 Å². The third-order valence-electron chi connectivity index (χ3n) is 3.59. The zero-order valence-electron chi connectivity index (χ0n) is 12.0. The first kappa shape index (κ1) is 14.5. The predicted octanol–water partition coefficient (Wildman–Crippen LogP) is 4.16. The molecule has 22 heavy (non-hydrogen) atoms. The van der Waals surface area contributed by atoms with E-state index in [1.54, 1.807) is 12.4 Å². The smallest absolute Gasteiger partial charge is 0.126 e. The maximum absolute atomic E-state index is 6.01. The average Bonchev–Trinajstić information content (AvgIpc) is 2.56. The Morgan fingerprint density at radius 2 is 1.77 bits per heavy atom. The molecule has 0 saturated carbocycles. The van der Waals surface area contributed by atoms with E-state index in [0.717, 1.165) is 34.6 Å². The van der Waals surface area contributed by atoms with Crippen LogP contribution in [0.1, 0.15) is 11.1 Å². The lowest BCUT2D eigenvalue weighted by Gasteiger charge is -2.08. The van der Waals surface area contributed by atoms with Crippen molar-refractivity contribution in [1.82, 2.24) is 9.97 Å². The normalized spacial score (nSPS) is 10.6. The number of hydrogen-bond donors (Lipinski definition) is 1.